The summed E-state index contributed by atoms with van der Waals surface area (Å²) in [5.74, 6) is -6.31. The number of hydrogen-bond donors (Lipinski definition) is 3. The minimum atomic E-state index is -1.79. The number of carbonyl (C=O) groups is 3. The van der Waals surface area contributed by atoms with E-state index in [-0.39, 0.29) is 41.3 Å². The second-order valence-corrected chi connectivity index (χ2v) is 17.0. The summed E-state index contributed by atoms with van der Waals surface area (Å²) in [6, 6.07) is 5.70. The smallest absolute Gasteiger partial charge is 0.329 e. The maximum Gasteiger partial charge on any atom is 0.329 e. The van der Waals surface area contributed by atoms with Crippen molar-refractivity contribution in [1.29, 1.82) is 0 Å². The summed E-state index contributed by atoms with van der Waals surface area (Å²) < 4.78 is 50.7. The summed E-state index contributed by atoms with van der Waals surface area (Å²) in [4.78, 5) is 68.6. The maximum atomic E-state index is 14.3. The van der Waals surface area contributed by atoms with Crippen LogP contribution in [0, 0.1) is 22.9 Å². The van der Waals surface area contributed by atoms with Crippen LogP contribution in [-0.2, 0) is 28.5 Å². The van der Waals surface area contributed by atoms with Gasteiger partial charge in [-0.3, -0.25) is 33.7 Å². The zero-order valence-corrected chi connectivity index (χ0v) is 33.6. The highest BCUT2D eigenvalue weighted by molar-refractivity contribution is 6.00. The molecule has 3 aromatic heterocycles. The van der Waals surface area contributed by atoms with Gasteiger partial charge in [0.1, 0.15) is 17.6 Å². The number of anilines is 1. The normalized spacial score (nSPS) is 23.1. The van der Waals surface area contributed by atoms with Crippen molar-refractivity contribution in [3.63, 3.8) is 0 Å². The SMILES string of the molecule is Cn1c(=O)n(C2CCC(=O)NC2=O)c2ccc(CCCN3CCN(c4cnc(-c5nc([C@]67CC[C@](CNC(=O)c8cc(F)c(O)c(F)c8F)(CC6)CC7)no5)cn4)CC3)cc21. The fraction of sp³-hybridized carbons (Fsp3) is 0.476. The topological polar surface area (TPSA) is 194 Å². The quantitative estimate of drug-likeness (QED) is 0.128. The first kappa shape index (κ1) is 40.3. The number of nitrogens with one attached hydrogen (secondary N) is 2. The fourth-order valence-electron chi connectivity index (χ4n) is 9.62. The molecule has 19 heteroatoms. The highest BCUT2D eigenvalue weighted by atomic mass is 19.2. The number of aryl methyl sites for hydroxylation is 2. The number of carbonyl (C=O) groups excluding carboxylic acids is 3. The Morgan fingerprint density at radius 1 is 0.967 bits per heavy atom. The molecular formula is C42H45F3N10O6. The van der Waals surface area contributed by atoms with E-state index in [1.54, 1.807) is 24.0 Å². The summed E-state index contributed by atoms with van der Waals surface area (Å²) in [5.41, 5.74) is 1.40. The van der Waals surface area contributed by atoms with Gasteiger partial charge in [0.05, 0.1) is 29.0 Å². The van der Waals surface area contributed by atoms with Gasteiger partial charge >= 0.3 is 5.69 Å². The van der Waals surface area contributed by atoms with Gasteiger partial charge in [-0.25, -0.2) is 23.5 Å². The van der Waals surface area contributed by atoms with E-state index in [9.17, 15) is 37.5 Å². The molecule has 5 aromatic rings. The summed E-state index contributed by atoms with van der Waals surface area (Å²) in [6.07, 6.45) is 10.1. The monoisotopic (exact) mass is 842 g/mol. The van der Waals surface area contributed by atoms with Gasteiger partial charge in [0.15, 0.2) is 23.2 Å². The van der Waals surface area contributed by atoms with Crippen molar-refractivity contribution < 1.29 is 37.2 Å². The first-order chi connectivity index (χ1) is 29.3. The molecule has 3 amide bonds. The van der Waals surface area contributed by atoms with Gasteiger partial charge in [0, 0.05) is 51.6 Å². The molecule has 3 saturated carbocycles. The molecule has 3 N–H and O–H groups in total. The summed E-state index contributed by atoms with van der Waals surface area (Å²) in [6.45, 7) is 4.45. The van der Waals surface area contributed by atoms with E-state index >= 15 is 0 Å². The Kier molecular flexibility index (Phi) is 10.4. The number of nitrogens with zero attached hydrogens (tertiary/aromatic N) is 8. The summed E-state index contributed by atoms with van der Waals surface area (Å²) in [5, 5.41) is 18.7. The molecule has 2 aliphatic heterocycles. The number of aromatic nitrogens is 6. The largest absolute Gasteiger partial charge is 0.503 e. The van der Waals surface area contributed by atoms with Crippen LogP contribution in [0.2, 0.25) is 0 Å². The number of imide groups is 1. The molecule has 61 heavy (non-hydrogen) atoms. The molecule has 1 atom stereocenters. The van der Waals surface area contributed by atoms with Gasteiger partial charge in [-0.15, -0.1) is 0 Å². The molecule has 2 aromatic carbocycles. The Morgan fingerprint density at radius 3 is 2.43 bits per heavy atom. The van der Waals surface area contributed by atoms with Crippen LogP contribution < -0.4 is 21.2 Å². The Hall–Kier alpha value is -6.11. The fourth-order valence-corrected chi connectivity index (χ4v) is 9.62. The van der Waals surface area contributed by atoms with Crippen molar-refractivity contribution in [3.05, 3.63) is 81.5 Å². The lowest BCUT2D eigenvalue weighted by Crippen LogP contribution is -2.49. The van der Waals surface area contributed by atoms with Crippen molar-refractivity contribution in [3.8, 4) is 17.3 Å². The Labute approximate surface area is 347 Å². The number of fused-ring (bicyclic) bond motifs is 4. The second kappa shape index (κ2) is 15.7. The molecule has 16 nitrogen and oxygen atoms in total. The predicted octanol–water partition coefficient (Wildman–Crippen LogP) is 4.06. The van der Waals surface area contributed by atoms with Gasteiger partial charge in [0.2, 0.25) is 17.6 Å². The molecule has 2 bridgehead atoms. The van der Waals surface area contributed by atoms with E-state index in [1.807, 2.05) is 18.2 Å². The van der Waals surface area contributed by atoms with Crippen molar-refractivity contribution in [2.24, 2.45) is 12.5 Å². The second-order valence-electron chi connectivity index (χ2n) is 17.0. The lowest BCUT2D eigenvalue weighted by atomic mass is 9.53. The first-order valence-corrected chi connectivity index (χ1v) is 20.7. The van der Waals surface area contributed by atoms with E-state index < -0.39 is 46.6 Å². The van der Waals surface area contributed by atoms with Gasteiger partial charge in [-0.05, 0) is 93.5 Å². The van der Waals surface area contributed by atoms with Gasteiger partial charge in [-0.2, -0.15) is 9.37 Å². The number of halogens is 3. The molecule has 5 heterocycles. The molecular weight excluding hydrogens is 798 g/mol. The number of aromatic hydroxyl groups is 1. The number of rotatable bonds is 11. The first-order valence-electron chi connectivity index (χ1n) is 20.7. The van der Waals surface area contributed by atoms with E-state index in [0.29, 0.717) is 29.5 Å². The molecule has 320 valence electrons. The Morgan fingerprint density at radius 2 is 1.72 bits per heavy atom. The standard InChI is InChI=1S/C42H45F3N10O6/c1-52-30-19-24(4-5-28(30)55(40(52)60)29-6-7-32(56)49-37(29)59)3-2-14-53-15-17-54(18-16-53)31-22-46-27(21-47-31)38-50-39(51-61-38)42-11-8-41(9-12-42,10-13-42)23-48-36(58)25-20-26(43)35(57)34(45)33(25)44/h4-5,19-22,29,57H,2-3,6-18,23H2,1H3,(H,48,58)(H,49,56,59)/t29?,41-,42+. The van der Waals surface area contributed by atoms with Crippen molar-refractivity contribution >= 4 is 34.6 Å². The zero-order chi connectivity index (χ0) is 42.6. The van der Waals surface area contributed by atoms with Crippen LogP contribution in [0.15, 0.2) is 46.0 Å². The number of hydrogen-bond acceptors (Lipinski definition) is 12. The summed E-state index contributed by atoms with van der Waals surface area (Å²) in [7, 11) is 1.70. The van der Waals surface area contributed by atoms with Crippen LogP contribution in [0.1, 0.15) is 85.6 Å². The highest BCUT2D eigenvalue weighted by Crippen LogP contribution is 2.57. The molecule has 0 radical (unpaired) electrons. The number of amides is 3. The molecule has 5 aliphatic rings. The third-order valence-electron chi connectivity index (χ3n) is 13.5. The molecule has 2 saturated heterocycles. The van der Waals surface area contributed by atoms with Crippen LogP contribution >= 0.6 is 0 Å². The van der Waals surface area contributed by atoms with Crippen LogP contribution in [0.25, 0.3) is 22.6 Å². The van der Waals surface area contributed by atoms with Crippen LogP contribution in [-0.4, -0.2) is 96.2 Å². The molecule has 5 fully saturated rings. The van der Waals surface area contributed by atoms with Crippen molar-refractivity contribution in [2.75, 3.05) is 44.2 Å². The van der Waals surface area contributed by atoms with Crippen LogP contribution in [0.3, 0.4) is 0 Å². The van der Waals surface area contributed by atoms with Gasteiger partial charge in [0.25, 0.3) is 11.8 Å². The van der Waals surface area contributed by atoms with E-state index in [2.05, 4.69) is 35.6 Å². The third kappa shape index (κ3) is 7.41. The van der Waals surface area contributed by atoms with Crippen LogP contribution in [0.4, 0.5) is 19.0 Å². The Bertz CT molecular complexity index is 2580. The van der Waals surface area contributed by atoms with Crippen molar-refractivity contribution in [1.82, 2.24) is 44.8 Å². The number of piperazine rings is 1. The van der Waals surface area contributed by atoms with Crippen molar-refractivity contribution in [2.45, 2.75) is 75.7 Å². The van der Waals surface area contributed by atoms with Crippen LogP contribution in [0.5, 0.6) is 5.75 Å². The molecule has 3 aliphatic carbocycles. The Balaban J connectivity index is 0.744. The number of phenolic OH excluding ortho intramolecular Hbond substituents is 1. The molecule has 10 rings (SSSR count). The molecule has 0 spiro atoms. The lowest BCUT2D eigenvalue weighted by molar-refractivity contribution is -0.135. The summed E-state index contributed by atoms with van der Waals surface area (Å²) >= 11 is 0. The lowest BCUT2D eigenvalue weighted by Gasteiger charge is -2.52. The minimum Gasteiger partial charge on any atom is -0.503 e. The average molecular weight is 843 g/mol. The van der Waals surface area contributed by atoms with E-state index in [1.165, 1.54) is 4.57 Å². The number of benzene rings is 2. The number of piperidine rings is 1. The highest BCUT2D eigenvalue weighted by Gasteiger charge is 2.51. The minimum absolute atomic E-state index is 0.199. The third-order valence-corrected chi connectivity index (χ3v) is 13.5. The molecule has 1 unspecified atom stereocenters. The van der Waals surface area contributed by atoms with E-state index in [0.717, 1.165) is 101 Å². The van der Waals surface area contributed by atoms with E-state index in [4.69, 9.17) is 9.51 Å². The number of phenols is 1. The van der Waals surface area contributed by atoms with Gasteiger partial charge in [-0.1, -0.05) is 11.2 Å². The average Bonchev–Trinajstić information content (AvgIpc) is 3.88. The zero-order valence-electron chi connectivity index (χ0n) is 33.6. The maximum absolute atomic E-state index is 14.3. The van der Waals surface area contributed by atoms with Gasteiger partial charge < -0.3 is 19.8 Å². The number of imidazole rings is 1. The predicted molar refractivity (Wildman–Crippen MR) is 213 cm³/mol.